The Labute approximate surface area is 76.1 Å². The minimum absolute atomic E-state index is 0.436. The molecule has 0 heterocycles. The summed E-state index contributed by atoms with van der Waals surface area (Å²) in [6.45, 7) is 2.35. The van der Waals surface area contributed by atoms with Crippen LogP contribution in [-0.4, -0.2) is 0 Å². The van der Waals surface area contributed by atoms with Crippen LogP contribution in [0.15, 0.2) is 12.1 Å². The fourth-order valence-electron chi connectivity index (χ4n) is 0.946. The van der Waals surface area contributed by atoms with E-state index in [0.717, 1.165) is 16.1 Å². The zero-order valence-corrected chi connectivity index (χ0v) is 7.71. The molecule has 11 heavy (non-hydrogen) atoms. The molecule has 0 aromatic heterocycles. The topological polar surface area (TPSA) is 26.0 Å². The molecule has 0 fully saturated rings. The summed E-state index contributed by atoms with van der Waals surface area (Å²) in [6.07, 6.45) is 0. The number of rotatable bonds is 1. The first-order valence-corrected chi connectivity index (χ1v) is 4.06. The summed E-state index contributed by atoms with van der Waals surface area (Å²) in [7, 11) is 0. The lowest BCUT2D eigenvalue weighted by Gasteiger charge is -2.06. The second kappa shape index (κ2) is 3.44. The van der Waals surface area contributed by atoms with Crippen LogP contribution in [0.4, 0.5) is 0 Å². The smallest absolute Gasteiger partial charge is 0.0454 e. The minimum Gasteiger partial charge on any atom is -0.326 e. The summed E-state index contributed by atoms with van der Waals surface area (Å²) in [5.74, 6) is 0. The number of hydrogen-bond acceptors (Lipinski definition) is 1. The van der Waals surface area contributed by atoms with Crippen molar-refractivity contribution in [2.45, 2.75) is 13.5 Å². The van der Waals surface area contributed by atoms with Gasteiger partial charge in [-0.1, -0.05) is 23.2 Å². The molecule has 0 atom stereocenters. The normalized spacial score (nSPS) is 10.2. The van der Waals surface area contributed by atoms with E-state index in [-0.39, 0.29) is 0 Å². The lowest BCUT2D eigenvalue weighted by molar-refractivity contribution is 1.05. The lowest BCUT2D eigenvalue weighted by atomic mass is 10.1. The van der Waals surface area contributed by atoms with E-state index in [1.54, 1.807) is 12.1 Å². The average Bonchev–Trinajstić information content (AvgIpc) is 1.99. The number of benzene rings is 1. The summed E-state index contributed by atoms with van der Waals surface area (Å²) < 4.78 is 0. The highest BCUT2D eigenvalue weighted by Crippen LogP contribution is 2.25. The molecule has 0 spiro atoms. The van der Waals surface area contributed by atoms with Crippen LogP contribution in [0.2, 0.25) is 10.0 Å². The van der Waals surface area contributed by atoms with Crippen molar-refractivity contribution < 1.29 is 0 Å². The maximum atomic E-state index is 5.86. The van der Waals surface area contributed by atoms with Crippen molar-refractivity contribution in [3.8, 4) is 0 Å². The van der Waals surface area contributed by atoms with E-state index < -0.39 is 0 Å². The van der Waals surface area contributed by atoms with Gasteiger partial charge in [0.2, 0.25) is 0 Å². The Kier molecular flexibility index (Phi) is 2.77. The number of nitrogens with two attached hydrogens (primary N) is 1. The zero-order chi connectivity index (χ0) is 8.43. The molecule has 0 aliphatic rings. The van der Waals surface area contributed by atoms with E-state index >= 15 is 0 Å². The van der Waals surface area contributed by atoms with Crippen LogP contribution in [0, 0.1) is 6.92 Å². The van der Waals surface area contributed by atoms with Crippen molar-refractivity contribution >= 4 is 23.2 Å². The Morgan fingerprint density at radius 2 is 1.82 bits per heavy atom. The molecule has 1 nitrogen and oxygen atoms in total. The van der Waals surface area contributed by atoms with E-state index in [9.17, 15) is 0 Å². The van der Waals surface area contributed by atoms with Crippen LogP contribution >= 0.6 is 23.2 Å². The van der Waals surface area contributed by atoms with Gasteiger partial charge in [0.25, 0.3) is 0 Å². The van der Waals surface area contributed by atoms with Crippen molar-refractivity contribution in [3.63, 3.8) is 0 Å². The Hall–Kier alpha value is -0.240. The van der Waals surface area contributed by atoms with Crippen molar-refractivity contribution in [1.29, 1.82) is 0 Å². The van der Waals surface area contributed by atoms with E-state index in [1.807, 2.05) is 6.92 Å². The van der Waals surface area contributed by atoms with Gasteiger partial charge in [-0.15, -0.1) is 0 Å². The first kappa shape index (κ1) is 8.85. The third-order valence-electron chi connectivity index (χ3n) is 1.68. The van der Waals surface area contributed by atoms with E-state index in [4.69, 9.17) is 28.9 Å². The molecule has 3 heteroatoms. The summed E-state index contributed by atoms with van der Waals surface area (Å²) in [6, 6.07) is 3.54. The highest BCUT2D eigenvalue weighted by molar-refractivity contribution is 6.34. The highest BCUT2D eigenvalue weighted by atomic mass is 35.5. The van der Waals surface area contributed by atoms with Gasteiger partial charge < -0.3 is 5.73 Å². The fraction of sp³-hybridized carbons (Fsp3) is 0.250. The van der Waals surface area contributed by atoms with Gasteiger partial charge in [0, 0.05) is 16.6 Å². The molecule has 60 valence electrons. The second-order valence-electron chi connectivity index (χ2n) is 2.34. The van der Waals surface area contributed by atoms with Crippen molar-refractivity contribution in [3.05, 3.63) is 33.3 Å². The van der Waals surface area contributed by atoms with Crippen LogP contribution in [0.25, 0.3) is 0 Å². The van der Waals surface area contributed by atoms with Crippen LogP contribution < -0.4 is 5.73 Å². The molecule has 0 aliphatic carbocycles. The van der Waals surface area contributed by atoms with Crippen molar-refractivity contribution in [2.75, 3.05) is 0 Å². The zero-order valence-electron chi connectivity index (χ0n) is 6.20. The molecule has 1 aromatic carbocycles. The maximum Gasteiger partial charge on any atom is 0.0454 e. The Bertz CT molecular complexity index is 271. The summed E-state index contributed by atoms with van der Waals surface area (Å²) in [4.78, 5) is 0. The highest BCUT2D eigenvalue weighted by Gasteiger charge is 2.04. The largest absolute Gasteiger partial charge is 0.326 e. The molecular formula is C8H9Cl2N. The molecule has 1 aromatic rings. The molecular weight excluding hydrogens is 181 g/mol. The van der Waals surface area contributed by atoms with Gasteiger partial charge in [0.1, 0.15) is 0 Å². The lowest BCUT2D eigenvalue weighted by Crippen LogP contribution is -2.00. The summed E-state index contributed by atoms with van der Waals surface area (Å²) in [5, 5.41) is 1.41. The number of hydrogen-bond donors (Lipinski definition) is 1. The standard InChI is InChI=1S/C8H9Cl2N/c1-5-6(4-11)8(10)3-2-7(5)9/h2-3H,4,11H2,1H3. The first-order chi connectivity index (χ1) is 5.16. The summed E-state index contributed by atoms with van der Waals surface area (Å²) in [5.41, 5.74) is 7.38. The van der Waals surface area contributed by atoms with Gasteiger partial charge in [-0.25, -0.2) is 0 Å². The van der Waals surface area contributed by atoms with Crippen LogP contribution in [0.1, 0.15) is 11.1 Å². The molecule has 0 amide bonds. The van der Waals surface area contributed by atoms with Crippen molar-refractivity contribution in [2.24, 2.45) is 5.73 Å². The van der Waals surface area contributed by atoms with Gasteiger partial charge in [-0.3, -0.25) is 0 Å². The monoisotopic (exact) mass is 189 g/mol. The van der Waals surface area contributed by atoms with Crippen LogP contribution in [0.5, 0.6) is 0 Å². The third-order valence-corrected chi connectivity index (χ3v) is 2.44. The maximum absolute atomic E-state index is 5.86. The molecule has 0 radical (unpaired) electrons. The van der Waals surface area contributed by atoms with Crippen LogP contribution in [0.3, 0.4) is 0 Å². The van der Waals surface area contributed by atoms with E-state index in [1.165, 1.54) is 0 Å². The first-order valence-electron chi connectivity index (χ1n) is 3.30. The van der Waals surface area contributed by atoms with Gasteiger partial charge in [0.05, 0.1) is 0 Å². The van der Waals surface area contributed by atoms with Gasteiger partial charge in [0.15, 0.2) is 0 Å². The predicted molar refractivity (Wildman–Crippen MR) is 49.1 cm³/mol. The number of halogens is 2. The Balaban J connectivity index is 3.29. The SMILES string of the molecule is Cc1c(Cl)ccc(Cl)c1CN. The molecule has 1 rings (SSSR count). The van der Waals surface area contributed by atoms with Gasteiger partial charge in [-0.2, -0.15) is 0 Å². The molecule has 2 N–H and O–H groups in total. The molecule has 0 unspecified atom stereocenters. The van der Waals surface area contributed by atoms with E-state index in [2.05, 4.69) is 0 Å². The third kappa shape index (κ3) is 1.67. The fourth-order valence-corrected chi connectivity index (χ4v) is 1.40. The molecule has 0 saturated carbocycles. The summed E-state index contributed by atoms with van der Waals surface area (Å²) >= 11 is 11.7. The molecule has 0 bridgehead atoms. The van der Waals surface area contributed by atoms with Gasteiger partial charge >= 0.3 is 0 Å². The minimum atomic E-state index is 0.436. The van der Waals surface area contributed by atoms with Crippen molar-refractivity contribution in [1.82, 2.24) is 0 Å². The predicted octanol–water partition coefficient (Wildman–Crippen LogP) is 2.76. The Morgan fingerprint density at radius 1 is 1.27 bits per heavy atom. The van der Waals surface area contributed by atoms with Gasteiger partial charge in [-0.05, 0) is 30.2 Å². The Morgan fingerprint density at radius 3 is 2.27 bits per heavy atom. The average molecular weight is 190 g/mol. The second-order valence-corrected chi connectivity index (χ2v) is 3.15. The van der Waals surface area contributed by atoms with E-state index in [0.29, 0.717) is 11.6 Å². The quantitative estimate of drug-likeness (QED) is 0.723. The van der Waals surface area contributed by atoms with Crippen LogP contribution in [-0.2, 0) is 6.54 Å². The molecule has 0 aliphatic heterocycles. The molecule has 0 saturated heterocycles.